The highest BCUT2D eigenvalue weighted by Gasteiger charge is 2.63. The molecule has 0 aliphatic carbocycles. The van der Waals surface area contributed by atoms with Gasteiger partial charge < -0.3 is 9.64 Å². The summed E-state index contributed by atoms with van der Waals surface area (Å²) >= 11 is 0. The number of hydrogen-bond donors (Lipinski definition) is 0. The molecule has 2 aromatic carbocycles. The monoisotopic (exact) mass is 473 g/mol. The van der Waals surface area contributed by atoms with E-state index in [1.165, 1.54) is 12.1 Å². The summed E-state index contributed by atoms with van der Waals surface area (Å²) in [5.41, 5.74) is 1.07. The van der Waals surface area contributed by atoms with Crippen LogP contribution < -0.4 is 0 Å². The van der Waals surface area contributed by atoms with Crippen molar-refractivity contribution in [1.82, 2.24) is 14.8 Å². The Bertz CT molecular complexity index is 1210. The lowest BCUT2D eigenvalue weighted by Crippen LogP contribution is -2.59. The van der Waals surface area contributed by atoms with Crippen LogP contribution in [-0.4, -0.2) is 45.5 Å². The molecule has 0 saturated carbocycles. The van der Waals surface area contributed by atoms with Crippen molar-refractivity contribution >= 4 is 12.0 Å². The van der Waals surface area contributed by atoms with Crippen LogP contribution in [0.25, 0.3) is 0 Å². The molecule has 1 unspecified atom stereocenters. The Balaban J connectivity index is 1.40. The third-order valence-electron chi connectivity index (χ3n) is 7.50. The fraction of sp³-hybridized carbons (Fsp3) is 0.321. The van der Waals surface area contributed by atoms with Crippen molar-refractivity contribution in [2.24, 2.45) is 0 Å². The van der Waals surface area contributed by atoms with E-state index in [-0.39, 0.29) is 24.2 Å². The zero-order chi connectivity index (χ0) is 24.5. The number of carbonyl (C=O) groups excluding carboxylic acids is 2. The molecule has 7 heteroatoms. The van der Waals surface area contributed by atoms with Gasteiger partial charge in [0.2, 0.25) is 5.91 Å². The zero-order valence-electron chi connectivity index (χ0n) is 19.7. The van der Waals surface area contributed by atoms with Crippen LogP contribution in [0, 0.1) is 5.82 Å². The molecule has 0 radical (unpaired) electrons. The minimum Gasteiger partial charge on any atom is -0.440 e. The number of pyridine rings is 1. The van der Waals surface area contributed by atoms with Gasteiger partial charge in [-0.3, -0.25) is 14.7 Å². The van der Waals surface area contributed by atoms with E-state index in [2.05, 4.69) is 11.9 Å². The molecule has 0 N–H and O–H groups in total. The van der Waals surface area contributed by atoms with E-state index in [0.717, 1.165) is 11.1 Å². The van der Waals surface area contributed by atoms with Crippen molar-refractivity contribution in [2.45, 2.75) is 43.9 Å². The molecule has 2 aliphatic rings. The minimum atomic E-state index is -0.775. The molecule has 6 nitrogen and oxygen atoms in total. The summed E-state index contributed by atoms with van der Waals surface area (Å²) in [5, 5.41) is 0. The molecule has 3 aromatic rings. The molecule has 1 aromatic heterocycles. The van der Waals surface area contributed by atoms with E-state index in [1.807, 2.05) is 42.5 Å². The Hall–Kier alpha value is -3.74. The Morgan fingerprint density at radius 2 is 1.77 bits per heavy atom. The van der Waals surface area contributed by atoms with Crippen molar-refractivity contribution in [2.75, 3.05) is 13.1 Å². The smallest absolute Gasteiger partial charge is 0.411 e. The second kappa shape index (κ2) is 9.13. The summed E-state index contributed by atoms with van der Waals surface area (Å²) in [7, 11) is 0. The molecule has 5 rings (SSSR count). The predicted molar refractivity (Wildman–Crippen MR) is 129 cm³/mol. The van der Waals surface area contributed by atoms with E-state index in [1.54, 1.807) is 34.3 Å². The normalized spacial score (nSPS) is 21.3. The summed E-state index contributed by atoms with van der Waals surface area (Å²) in [6, 6.07) is 19.9. The van der Waals surface area contributed by atoms with Crippen molar-refractivity contribution in [3.63, 3.8) is 0 Å². The second-order valence-electron chi connectivity index (χ2n) is 9.44. The first kappa shape index (κ1) is 23.0. The third-order valence-corrected chi connectivity index (χ3v) is 7.50. The average Bonchev–Trinajstić information content (AvgIpc) is 3.07. The Morgan fingerprint density at radius 1 is 1.03 bits per heavy atom. The van der Waals surface area contributed by atoms with E-state index in [0.29, 0.717) is 38.0 Å². The van der Waals surface area contributed by atoms with Gasteiger partial charge >= 0.3 is 6.09 Å². The van der Waals surface area contributed by atoms with Gasteiger partial charge in [0.05, 0.1) is 13.0 Å². The van der Waals surface area contributed by atoms with Crippen LogP contribution in [0.5, 0.6) is 0 Å². The maximum atomic E-state index is 13.6. The summed E-state index contributed by atoms with van der Waals surface area (Å²) in [6.45, 7) is 3.37. The molecule has 1 spiro atoms. The van der Waals surface area contributed by atoms with Gasteiger partial charge in [-0.25, -0.2) is 9.18 Å². The topological polar surface area (TPSA) is 62.7 Å². The molecule has 2 saturated heterocycles. The fourth-order valence-corrected chi connectivity index (χ4v) is 5.47. The van der Waals surface area contributed by atoms with Crippen LogP contribution in [0.1, 0.15) is 36.5 Å². The Morgan fingerprint density at radius 3 is 2.46 bits per heavy atom. The number of benzene rings is 2. The number of amides is 2. The molecule has 2 aliphatic heterocycles. The largest absolute Gasteiger partial charge is 0.440 e. The predicted octanol–water partition coefficient (Wildman–Crippen LogP) is 4.69. The summed E-state index contributed by atoms with van der Waals surface area (Å²) in [5.74, 6) is -0.401. The van der Waals surface area contributed by atoms with Crippen LogP contribution in [0.3, 0.4) is 0 Å². The first-order valence-electron chi connectivity index (χ1n) is 11.9. The van der Waals surface area contributed by atoms with Gasteiger partial charge in [-0.15, -0.1) is 0 Å². The van der Waals surface area contributed by atoms with Gasteiger partial charge in [-0.2, -0.15) is 0 Å². The number of aromatic nitrogens is 1. The molecule has 3 heterocycles. The maximum Gasteiger partial charge on any atom is 0.411 e. The van der Waals surface area contributed by atoms with Crippen LogP contribution in [0.15, 0.2) is 79.1 Å². The lowest BCUT2D eigenvalue weighted by atomic mass is 9.70. The highest BCUT2D eigenvalue weighted by atomic mass is 19.1. The van der Waals surface area contributed by atoms with Crippen molar-refractivity contribution < 1.29 is 18.7 Å². The van der Waals surface area contributed by atoms with E-state index >= 15 is 0 Å². The number of halogens is 1. The third kappa shape index (κ3) is 4.16. The van der Waals surface area contributed by atoms with Crippen LogP contribution in [0.2, 0.25) is 0 Å². The molecule has 1 atom stereocenters. The van der Waals surface area contributed by atoms with Crippen molar-refractivity contribution in [1.29, 1.82) is 0 Å². The number of likely N-dealkylation sites (tertiary alicyclic amines) is 1. The van der Waals surface area contributed by atoms with Gasteiger partial charge in [0.1, 0.15) is 17.0 Å². The molecule has 180 valence electrons. The number of rotatable bonds is 5. The summed E-state index contributed by atoms with van der Waals surface area (Å²) in [6.07, 6.45) is 4.29. The SMILES string of the molecule is CC1(c2ccccc2)N(Cc2cccnc2)C(=O)OC12CCN(C(=O)Cc1cccc(F)c1)CC2. The number of hydrogen-bond acceptors (Lipinski definition) is 4. The Kier molecular flexibility index (Phi) is 6.01. The van der Waals surface area contributed by atoms with Crippen LogP contribution >= 0.6 is 0 Å². The number of piperidine rings is 1. The molecule has 2 fully saturated rings. The second-order valence-corrected chi connectivity index (χ2v) is 9.44. The van der Waals surface area contributed by atoms with Crippen LogP contribution in [0.4, 0.5) is 9.18 Å². The minimum absolute atomic E-state index is 0.0524. The summed E-state index contributed by atoms with van der Waals surface area (Å²) < 4.78 is 19.7. The number of carbonyl (C=O) groups is 2. The van der Waals surface area contributed by atoms with Crippen molar-refractivity contribution in [3.05, 3.63) is 102 Å². The fourth-order valence-electron chi connectivity index (χ4n) is 5.47. The highest BCUT2D eigenvalue weighted by Crippen LogP contribution is 2.52. The first-order valence-corrected chi connectivity index (χ1v) is 11.9. The van der Waals surface area contributed by atoms with Gasteiger partial charge in [-0.05, 0) is 41.8 Å². The first-order chi connectivity index (χ1) is 16.9. The molecule has 0 bridgehead atoms. The molecular weight excluding hydrogens is 445 g/mol. The quantitative estimate of drug-likeness (QED) is 0.539. The van der Waals surface area contributed by atoms with Gasteiger partial charge in [-0.1, -0.05) is 48.5 Å². The van der Waals surface area contributed by atoms with E-state index in [9.17, 15) is 14.0 Å². The highest BCUT2D eigenvalue weighted by molar-refractivity contribution is 5.79. The van der Waals surface area contributed by atoms with Gasteiger partial charge in [0, 0.05) is 38.3 Å². The van der Waals surface area contributed by atoms with Gasteiger partial charge in [0.15, 0.2) is 0 Å². The lowest BCUT2D eigenvalue weighted by molar-refractivity contribution is -0.136. The molecule has 2 amide bonds. The van der Waals surface area contributed by atoms with Crippen molar-refractivity contribution in [3.8, 4) is 0 Å². The van der Waals surface area contributed by atoms with E-state index < -0.39 is 11.1 Å². The van der Waals surface area contributed by atoms with E-state index in [4.69, 9.17) is 4.74 Å². The lowest BCUT2D eigenvalue weighted by Gasteiger charge is -2.48. The number of nitrogens with zero attached hydrogens (tertiary/aromatic N) is 3. The maximum absolute atomic E-state index is 13.6. The van der Waals surface area contributed by atoms with Crippen LogP contribution in [-0.2, 0) is 28.0 Å². The molecule has 35 heavy (non-hydrogen) atoms. The summed E-state index contributed by atoms with van der Waals surface area (Å²) in [4.78, 5) is 34.0. The number of ether oxygens (including phenoxy) is 1. The Labute approximate surface area is 204 Å². The van der Waals surface area contributed by atoms with Gasteiger partial charge in [0.25, 0.3) is 0 Å². The molecular formula is C28H28FN3O3. The zero-order valence-corrected chi connectivity index (χ0v) is 19.7. The standard InChI is InChI=1S/C28H28FN3O3/c1-27(23-9-3-2-4-10-23)28(35-26(34)32(27)20-22-8-6-14-30-19-22)12-15-31(16-13-28)25(33)18-21-7-5-11-24(29)17-21/h2-11,14,17,19H,12-13,15-16,18,20H2,1H3. The average molecular weight is 474 g/mol.